The van der Waals surface area contributed by atoms with Crippen molar-refractivity contribution in [3.63, 3.8) is 0 Å². The summed E-state index contributed by atoms with van der Waals surface area (Å²) in [5, 5.41) is 18.2. The van der Waals surface area contributed by atoms with Crippen molar-refractivity contribution in [3.8, 4) is 0 Å². The second-order valence-electron chi connectivity index (χ2n) is 9.78. The van der Waals surface area contributed by atoms with Gasteiger partial charge in [0.15, 0.2) is 0 Å². The van der Waals surface area contributed by atoms with Crippen LogP contribution in [0.5, 0.6) is 0 Å². The molecule has 4 rings (SSSR count). The van der Waals surface area contributed by atoms with E-state index in [2.05, 4.69) is 13.8 Å². The van der Waals surface area contributed by atoms with E-state index in [0.717, 1.165) is 43.4 Å². The Balaban J connectivity index is 0.000000349. The maximum atomic E-state index is 11.9. The Hall–Kier alpha value is -0.900. The van der Waals surface area contributed by atoms with Crippen LogP contribution in [0.2, 0.25) is 0 Å². The van der Waals surface area contributed by atoms with Gasteiger partial charge in [-0.2, -0.15) is 0 Å². The maximum absolute atomic E-state index is 11.9. The molecule has 2 N–H and O–H groups in total. The molecule has 0 heterocycles. The van der Waals surface area contributed by atoms with E-state index in [0.29, 0.717) is 17.1 Å². The first-order chi connectivity index (χ1) is 12.2. The predicted molar refractivity (Wildman–Crippen MR) is 101 cm³/mol. The van der Waals surface area contributed by atoms with Crippen molar-refractivity contribution in [2.45, 2.75) is 91.1 Å². The molecular weight excluding hydrogens is 328 g/mol. The zero-order valence-corrected chi connectivity index (χ0v) is 16.7. The van der Waals surface area contributed by atoms with Crippen LogP contribution in [0.3, 0.4) is 0 Å². The van der Waals surface area contributed by atoms with Gasteiger partial charge in [0.25, 0.3) is 0 Å². The Morgan fingerprint density at radius 3 is 2.35 bits per heavy atom. The summed E-state index contributed by atoms with van der Waals surface area (Å²) in [5.74, 6) is 2.78. The molecule has 0 saturated heterocycles. The first-order valence-electron chi connectivity index (χ1n) is 10.6. The molecule has 4 aliphatic rings. The van der Waals surface area contributed by atoms with Crippen molar-refractivity contribution in [2.24, 2.45) is 34.5 Å². The molecule has 0 aliphatic heterocycles. The van der Waals surface area contributed by atoms with E-state index < -0.39 is 5.97 Å². The average Bonchev–Trinajstić information content (AvgIpc) is 2.91. The minimum absolute atomic E-state index is 0.0677. The van der Waals surface area contributed by atoms with Crippen molar-refractivity contribution in [3.05, 3.63) is 0 Å². The molecule has 4 fully saturated rings. The first kappa shape index (κ1) is 19.9. The molecule has 4 aliphatic carbocycles. The second kappa shape index (κ2) is 7.26. The van der Waals surface area contributed by atoms with Gasteiger partial charge in [-0.15, -0.1) is 0 Å². The van der Waals surface area contributed by atoms with Crippen LogP contribution in [0.4, 0.5) is 0 Å². The van der Waals surface area contributed by atoms with Crippen molar-refractivity contribution in [1.29, 1.82) is 0 Å². The average molecular weight is 365 g/mol. The lowest BCUT2D eigenvalue weighted by atomic mass is 9.45. The number of hydrogen-bond donors (Lipinski definition) is 2. The van der Waals surface area contributed by atoms with Crippen LogP contribution in [0.1, 0.15) is 85.0 Å². The van der Waals surface area contributed by atoms with Gasteiger partial charge in [0.2, 0.25) is 0 Å². The van der Waals surface area contributed by atoms with Gasteiger partial charge in [-0.1, -0.05) is 20.8 Å². The lowest BCUT2D eigenvalue weighted by molar-refractivity contribution is -0.142. The van der Waals surface area contributed by atoms with E-state index in [1.54, 1.807) is 6.92 Å². The lowest BCUT2D eigenvalue weighted by Gasteiger charge is -2.60. The monoisotopic (exact) mass is 364 g/mol. The molecule has 148 valence electrons. The van der Waals surface area contributed by atoms with Crippen LogP contribution >= 0.6 is 0 Å². The smallest absolute Gasteiger partial charge is 0.303 e. The number of aliphatic hydroxyl groups is 1. The molecule has 4 nitrogen and oxygen atoms in total. The summed E-state index contributed by atoms with van der Waals surface area (Å²) in [7, 11) is 0. The predicted octanol–water partition coefficient (Wildman–Crippen LogP) is 4.44. The summed E-state index contributed by atoms with van der Waals surface area (Å²) >= 11 is 0. The number of carboxylic acid groups (broad SMARTS) is 1. The number of Topliss-reactive ketones (excluding diaryl/α,β-unsaturated/α-hetero) is 1. The molecule has 0 spiro atoms. The number of carbonyl (C=O) groups excluding carboxylic acids is 1. The number of aliphatic carboxylic acids is 1. The minimum atomic E-state index is -0.745. The minimum Gasteiger partial charge on any atom is -0.481 e. The quantitative estimate of drug-likeness (QED) is 0.721. The van der Waals surface area contributed by atoms with Crippen molar-refractivity contribution in [2.75, 3.05) is 0 Å². The van der Waals surface area contributed by atoms with Gasteiger partial charge in [-0.25, -0.2) is 0 Å². The molecule has 0 aromatic rings. The van der Waals surface area contributed by atoms with Crippen LogP contribution in [0.15, 0.2) is 0 Å². The highest BCUT2D eigenvalue weighted by Gasteiger charge is 2.59. The number of hydrogen-bond acceptors (Lipinski definition) is 3. The first-order valence-corrected chi connectivity index (χ1v) is 10.6. The maximum Gasteiger partial charge on any atom is 0.303 e. The van der Waals surface area contributed by atoms with Crippen LogP contribution in [0.25, 0.3) is 0 Å². The Morgan fingerprint density at radius 2 is 1.69 bits per heavy atom. The number of fused-ring (bicyclic) bond motifs is 5. The van der Waals surface area contributed by atoms with Crippen LogP contribution in [-0.2, 0) is 9.59 Å². The molecule has 26 heavy (non-hydrogen) atoms. The number of carbonyl (C=O) groups is 2. The molecule has 0 unspecified atom stereocenters. The molecule has 4 saturated carbocycles. The Kier molecular flexibility index (Phi) is 5.54. The molecule has 0 aromatic carbocycles. The number of carboxylic acids is 1. The normalized spacial score (nSPS) is 47.1. The molecular formula is C22H36O4. The molecule has 0 aromatic heterocycles. The summed E-state index contributed by atoms with van der Waals surface area (Å²) < 4.78 is 0. The van der Waals surface area contributed by atoms with Gasteiger partial charge in [0.05, 0.1) is 6.10 Å². The highest BCUT2D eigenvalue weighted by molar-refractivity contribution is 5.79. The van der Waals surface area contributed by atoms with Gasteiger partial charge in [0, 0.05) is 19.3 Å². The molecule has 0 radical (unpaired) electrons. The largest absolute Gasteiger partial charge is 0.481 e. The highest BCUT2D eigenvalue weighted by Crippen LogP contribution is 2.65. The fraction of sp³-hybridized carbons (Fsp3) is 0.909. The van der Waals surface area contributed by atoms with Gasteiger partial charge < -0.3 is 10.2 Å². The van der Waals surface area contributed by atoms with E-state index in [9.17, 15) is 14.7 Å². The summed E-state index contributed by atoms with van der Waals surface area (Å²) in [6.07, 6.45) is 10.3. The van der Waals surface area contributed by atoms with Gasteiger partial charge in [-0.3, -0.25) is 9.59 Å². The number of rotatable bonds is 1. The van der Waals surface area contributed by atoms with E-state index in [1.165, 1.54) is 32.1 Å². The Morgan fingerprint density at radius 1 is 1.04 bits per heavy atom. The van der Waals surface area contributed by atoms with E-state index in [-0.39, 0.29) is 17.9 Å². The van der Waals surface area contributed by atoms with Gasteiger partial charge >= 0.3 is 5.97 Å². The fourth-order valence-electron chi connectivity index (χ4n) is 7.02. The highest BCUT2D eigenvalue weighted by atomic mass is 16.4. The van der Waals surface area contributed by atoms with Crippen molar-refractivity contribution >= 4 is 11.8 Å². The summed E-state index contributed by atoms with van der Waals surface area (Å²) in [4.78, 5) is 21.2. The zero-order valence-electron chi connectivity index (χ0n) is 16.7. The Bertz CT molecular complexity index is 558. The third-order valence-corrected chi connectivity index (χ3v) is 8.73. The van der Waals surface area contributed by atoms with Crippen LogP contribution in [-0.4, -0.2) is 28.1 Å². The standard InChI is InChI=1S/C19H30O2.C3H6O2/c1-18-9-7-13(20)11-12(18)3-4-14-15-5-6-17(21)19(15,2)10-8-16(14)18;1-2-3(4)5/h12,14-17,21H,3-11H2,1-2H3;2H2,1H3,(H,4,5)/t12-,14-,15-,16-,17-,18-,19-;/m0./s1. The third kappa shape index (κ3) is 3.23. The second-order valence-corrected chi connectivity index (χ2v) is 9.78. The SMILES string of the molecule is CCC(=O)O.C[C@]12CCC(=O)C[C@@H]1CC[C@@H]1[C@@H]2CC[C@]2(C)[C@@H](O)CC[C@@H]12. The molecule has 0 amide bonds. The van der Waals surface area contributed by atoms with Gasteiger partial charge in [-0.05, 0) is 79.4 Å². The van der Waals surface area contributed by atoms with E-state index in [1.807, 2.05) is 0 Å². The number of ketones is 1. The van der Waals surface area contributed by atoms with Crippen molar-refractivity contribution in [1.82, 2.24) is 0 Å². The lowest BCUT2D eigenvalue weighted by Crippen LogP contribution is -2.54. The molecule has 0 bridgehead atoms. The van der Waals surface area contributed by atoms with Gasteiger partial charge in [0.1, 0.15) is 5.78 Å². The van der Waals surface area contributed by atoms with E-state index >= 15 is 0 Å². The number of aliphatic hydroxyl groups excluding tert-OH is 1. The van der Waals surface area contributed by atoms with Crippen LogP contribution in [0, 0.1) is 34.5 Å². The van der Waals surface area contributed by atoms with E-state index in [4.69, 9.17) is 5.11 Å². The summed E-state index contributed by atoms with van der Waals surface area (Å²) in [5.41, 5.74) is 0.598. The van der Waals surface area contributed by atoms with Crippen LogP contribution < -0.4 is 0 Å². The van der Waals surface area contributed by atoms with Crippen molar-refractivity contribution < 1.29 is 19.8 Å². The Labute approximate surface area is 157 Å². The zero-order chi connectivity index (χ0) is 19.1. The fourth-order valence-corrected chi connectivity index (χ4v) is 7.02. The third-order valence-electron chi connectivity index (χ3n) is 8.73. The molecule has 7 atom stereocenters. The summed E-state index contributed by atoms with van der Waals surface area (Å²) in [6, 6.07) is 0. The topological polar surface area (TPSA) is 74.6 Å². The summed E-state index contributed by atoms with van der Waals surface area (Å²) in [6.45, 7) is 6.45. The molecule has 4 heteroatoms.